The molecule has 0 spiro atoms. The molecule has 0 aliphatic carbocycles. The summed E-state index contributed by atoms with van der Waals surface area (Å²) in [5.41, 5.74) is -0.405. The summed E-state index contributed by atoms with van der Waals surface area (Å²) in [4.78, 5) is 0. The summed E-state index contributed by atoms with van der Waals surface area (Å²) in [5, 5.41) is 9.09. The Morgan fingerprint density at radius 3 is 2.25 bits per heavy atom. The van der Waals surface area contributed by atoms with Crippen LogP contribution < -0.4 is 10.2 Å². The monoisotopic (exact) mass is 285 g/mol. The van der Waals surface area contributed by atoms with Crippen molar-refractivity contribution in [3.05, 3.63) is 53.8 Å². The van der Waals surface area contributed by atoms with E-state index >= 15 is 0 Å². The summed E-state index contributed by atoms with van der Waals surface area (Å²) in [5.74, 6) is -1.29. The molecule has 0 heterocycles. The molecule has 0 aliphatic heterocycles. The number of halogens is 4. The van der Waals surface area contributed by atoms with Crippen LogP contribution in [0, 0.1) is 5.82 Å². The first-order valence-electron chi connectivity index (χ1n) is 5.76. The zero-order chi connectivity index (χ0) is 14.8. The van der Waals surface area contributed by atoms with Gasteiger partial charge in [-0.05, 0) is 23.8 Å². The van der Waals surface area contributed by atoms with E-state index in [-0.39, 0.29) is 12.4 Å². The number of aromatic hydroxyl groups is 1. The van der Waals surface area contributed by atoms with Gasteiger partial charge in [0, 0.05) is 6.07 Å². The van der Waals surface area contributed by atoms with Crippen molar-refractivity contribution >= 4 is 12.4 Å². The summed E-state index contributed by atoms with van der Waals surface area (Å²) in [6.07, 6.45) is 0. The molecule has 2 rings (SSSR count). The van der Waals surface area contributed by atoms with E-state index in [1.165, 1.54) is 24.3 Å². The maximum absolute atomic E-state index is 13.0. The van der Waals surface area contributed by atoms with Crippen molar-refractivity contribution in [2.24, 2.45) is 0 Å². The van der Waals surface area contributed by atoms with Crippen molar-refractivity contribution < 1.29 is 27.2 Å². The molecule has 0 amide bonds. The first-order chi connectivity index (χ1) is 9.36. The topological polar surface area (TPSA) is 29.5 Å². The van der Waals surface area contributed by atoms with Gasteiger partial charge in [-0.2, -0.15) is 0 Å². The summed E-state index contributed by atoms with van der Waals surface area (Å²) < 4.78 is 56.4. The minimum absolute atomic E-state index is 0.0406. The molecule has 2 nitrogen and oxygen atoms in total. The number of phenols is 1. The molecule has 20 heavy (non-hydrogen) atoms. The first-order valence-corrected chi connectivity index (χ1v) is 5.76. The van der Waals surface area contributed by atoms with Crippen molar-refractivity contribution in [1.82, 2.24) is 0 Å². The third kappa shape index (κ3) is 3.43. The van der Waals surface area contributed by atoms with Gasteiger partial charge < -0.3 is 22.8 Å². The van der Waals surface area contributed by atoms with Crippen molar-refractivity contribution in [3.8, 4) is 11.5 Å². The molecule has 0 fully saturated rings. The van der Waals surface area contributed by atoms with Gasteiger partial charge in [0.25, 0.3) is 0 Å². The van der Waals surface area contributed by atoms with Gasteiger partial charge in [-0.25, -0.2) is 4.39 Å². The van der Waals surface area contributed by atoms with E-state index in [0.717, 1.165) is 6.07 Å². The van der Waals surface area contributed by atoms with Crippen LogP contribution in [0.1, 0.15) is 5.56 Å². The number of ether oxygens (including phenoxy) is 1. The van der Waals surface area contributed by atoms with Gasteiger partial charge in [-0.3, -0.25) is 0 Å². The Hall–Kier alpha value is -2.18. The Morgan fingerprint density at radius 2 is 1.65 bits per heavy atom. The quantitative estimate of drug-likeness (QED) is 0.690. The molecule has 0 radical (unpaired) electrons. The highest BCUT2D eigenvalue weighted by Gasteiger charge is 2.29. The zero-order valence-electron chi connectivity index (χ0n) is 10.2. The predicted molar refractivity (Wildman–Crippen MR) is 67.6 cm³/mol. The van der Waals surface area contributed by atoms with Crippen LogP contribution in [0.2, 0.25) is 0 Å². The number of hydrogen-bond donors (Lipinski definition) is 1. The Balaban J connectivity index is 2.20. The fourth-order valence-electron chi connectivity index (χ4n) is 1.66. The highest BCUT2D eigenvalue weighted by Crippen LogP contribution is 2.20. The van der Waals surface area contributed by atoms with Gasteiger partial charge in [0.15, 0.2) is 0 Å². The molecule has 1 N–H and O–H groups in total. The normalized spacial score (nSPS) is 11.4. The van der Waals surface area contributed by atoms with Crippen molar-refractivity contribution in [1.29, 1.82) is 0 Å². The van der Waals surface area contributed by atoms with Gasteiger partial charge in [-0.15, -0.1) is 0 Å². The molecule has 2 aromatic rings. The van der Waals surface area contributed by atoms with Gasteiger partial charge >= 0.3 is 6.98 Å². The molecule has 7 heteroatoms. The fourth-order valence-corrected chi connectivity index (χ4v) is 1.66. The number of phenolic OH excluding ortho intramolecular Hbond substituents is 1. The Kier molecular flexibility index (Phi) is 3.87. The first kappa shape index (κ1) is 14.2. The molecule has 0 saturated heterocycles. The van der Waals surface area contributed by atoms with Crippen LogP contribution in [0.3, 0.4) is 0 Å². The SMILES string of the molecule is Oc1ccc(COc2cc(F)ccc2[B-](F)(F)F)cc1. The number of rotatable bonds is 4. The number of hydrogen-bond acceptors (Lipinski definition) is 2. The van der Waals surface area contributed by atoms with E-state index in [2.05, 4.69) is 0 Å². The molecule has 0 bridgehead atoms. The average molecular weight is 285 g/mol. The molecular weight excluding hydrogens is 275 g/mol. The highest BCUT2D eigenvalue weighted by molar-refractivity contribution is 6.74. The van der Waals surface area contributed by atoms with E-state index in [9.17, 15) is 17.3 Å². The maximum atomic E-state index is 13.0. The Labute approximate surface area is 112 Å². The second kappa shape index (κ2) is 5.44. The molecule has 0 aromatic heterocycles. The van der Waals surface area contributed by atoms with E-state index in [1.54, 1.807) is 0 Å². The smallest absolute Gasteiger partial charge is 0.508 e. The molecule has 106 valence electrons. The van der Waals surface area contributed by atoms with Crippen LogP contribution in [-0.4, -0.2) is 12.1 Å². The lowest BCUT2D eigenvalue weighted by Gasteiger charge is -2.19. The minimum atomic E-state index is -5.27. The minimum Gasteiger partial charge on any atom is -0.508 e. The van der Waals surface area contributed by atoms with E-state index < -0.39 is 24.0 Å². The van der Waals surface area contributed by atoms with Crippen LogP contribution in [0.15, 0.2) is 42.5 Å². The number of benzene rings is 2. The molecule has 0 aliphatic rings. The second-order valence-electron chi connectivity index (χ2n) is 4.21. The van der Waals surface area contributed by atoms with E-state index in [0.29, 0.717) is 17.7 Å². The summed E-state index contributed by atoms with van der Waals surface area (Å²) in [6, 6.07) is 7.92. The Morgan fingerprint density at radius 1 is 1.00 bits per heavy atom. The molecule has 2 aromatic carbocycles. The lowest BCUT2D eigenvalue weighted by Crippen LogP contribution is -2.35. The highest BCUT2D eigenvalue weighted by atomic mass is 19.4. The molecule has 0 atom stereocenters. The maximum Gasteiger partial charge on any atom is 0.513 e. The van der Waals surface area contributed by atoms with E-state index in [4.69, 9.17) is 9.84 Å². The predicted octanol–water partition coefficient (Wildman–Crippen LogP) is 3.16. The van der Waals surface area contributed by atoms with Crippen LogP contribution in [0.4, 0.5) is 17.3 Å². The van der Waals surface area contributed by atoms with Gasteiger partial charge in [0.1, 0.15) is 18.2 Å². The van der Waals surface area contributed by atoms with Crippen LogP contribution in [-0.2, 0) is 6.61 Å². The van der Waals surface area contributed by atoms with Crippen molar-refractivity contribution in [2.45, 2.75) is 6.61 Å². The fraction of sp³-hybridized carbons (Fsp3) is 0.0769. The summed E-state index contributed by atoms with van der Waals surface area (Å²) in [7, 11) is 0. The molecule has 0 unspecified atom stereocenters. The molecular formula is C13H10BF4O2-. The standard InChI is InChI=1S/C13H10BF4O2/c15-10-3-6-12(14(16,17)18)13(7-10)20-8-9-1-4-11(19)5-2-9/h1-7,19H,8H2/q-1. The summed E-state index contributed by atoms with van der Waals surface area (Å²) in [6.45, 7) is -5.42. The van der Waals surface area contributed by atoms with Gasteiger partial charge in [0.2, 0.25) is 0 Å². The van der Waals surface area contributed by atoms with Crippen LogP contribution in [0.25, 0.3) is 0 Å². The van der Waals surface area contributed by atoms with E-state index in [1.807, 2.05) is 0 Å². The van der Waals surface area contributed by atoms with Crippen molar-refractivity contribution in [2.75, 3.05) is 0 Å². The van der Waals surface area contributed by atoms with Crippen LogP contribution in [0.5, 0.6) is 11.5 Å². The molecule has 0 saturated carbocycles. The third-order valence-corrected chi connectivity index (χ3v) is 2.66. The third-order valence-electron chi connectivity index (χ3n) is 2.66. The zero-order valence-corrected chi connectivity index (χ0v) is 10.2. The summed E-state index contributed by atoms with van der Waals surface area (Å²) >= 11 is 0. The lowest BCUT2D eigenvalue weighted by molar-refractivity contribution is 0.305. The average Bonchev–Trinajstić information content (AvgIpc) is 2.36. The largest absolute Gasteiger partial charge is 0.513 e. The van der Waals surface area contributed by atoms with Crippen LogP contribution >= 0.6 is 0 Å². The second-order valence-corrected chi connectivity index (χ2v) is 4.21. The lowest BCUT2D eigenvalue weighted by atomic mass is 9.79. The Bertz CT molecular complexity index is 596. The van der Waals surface area contributed by atoms with Gasteiger partial charge in [-0.1, -0.05) is 23.7 Å². The van der Waals surface area contributed by atoms with Gasteiger partial charge in [0.05, 0.1) is 5.75 Å². The van der Waals surface area contributed by atoms with Crippen molar-refractivity contribution in [3.63, 3.8) is 0 Å².